The van der Waals surface area contributed by atoms with Crippen molar-refractivity contribution in [1.29, 1.82) is 0 Å². The lowest BCUT2D eigenvalue weighted by Gasteiger charge is -2.28. The van der Waals surface area contributed by atoms with Gasteiger partial charge in [-0.3, -0.25) is 9.36 Å². The monoisotopic (exact) mass is 758 g/mol. The van der Waals surface area contributed by atoms with Gasteiger partial charge in [0, 0.05) is 13.0 Å². The number of ether oxygens (including phenoxy) is 2. The molecule has 0 aromatic heterocycles. The molecule has 0 aromatic rings. The third kappa shape index (κ3) is 40.2. The molecule has 0 aliphatic rings. The zero-order valence-electron chi connectivity index (χ0n) is 34.8. The highest BCUT2D eigenvalue weighted by Gasteiger charge is 2.20. The van der Waals surface area contributed by atoms with Crippen LogP contribution in [0.4, 0.5) is 0 Å². The van der Waals surface area contributed by atoms with Gasteiger partial charge in [-0.05, 0) is 44.9 Å². The summed E-state index contributed by atoms with van der Waals surface area (Å²) in [5.41, 5.74) is 0. The highest BCUT2D eigenvalue weighted by Crippen LogP contribution is 2.38. The van der Waals surface area contributed by atoms with Gasteiger partial charge in [0.15, 0.2) is 0 Å². The maximum atomic E-state index is 12.7. The molecule has 2 unspecified atom stereocenters. The van der Waals surface area contributed by atoms with Crippen LogP contribution in [0.25, 0.3) is 0 Å². The van der Waals surface area contributed by atoms with Crippen molar-refractivity contribution >= 4 is 13.8 Å². The van der Waals surface area contributed by atoms with Gasteiger partial charge in [-0.15, -0.1) is 0 Å². The number of unbranched alkanes of at least 4 members (excludes halogenated alkanes) is 22. The Labute approximate surface area is 322 Å². The number of phosphoric acid groups is 1. The van der Waals surface area contributed by atoms with Crippen molar-refractivity contribution < 1.29 is 37.3 Å². The molecule has 9 heteroatoms. The van der Waals surface area contributed by atoms with Gasteiger partial charge in [-0.25, -0.2) is 0 Å². The molecule has 0 bridgehead atoms. The van der Waals surface area contributed by atoms with Crippen molar-refractivity contribution in [2.75, 3.05) is 54.1 Å². The summed E-state index contributed by atoms with van der Waals surface area (Å²) in [5.74, 6) is -0.337. The van der Waals surface area contributed by atoms with Gasteiger partial charge in [0.1, 0.15) is 19.3 Å². The first-order valence-corrected chi connectivity index (χ1v) is 23.0. The SMILES string of the molecule is CCCCC/C=C\C/C=C\CCCCCCCCCCCC(=O)OC(COCCCCCCCCCCCCC)COP(=O)([O-])OCC[N+](C)(C)C. The van der Waals surface area contributed by atoms with Gasteiger partial charge < -0.3 is 27.9 Å². The second kappa shape index (κ2) is 36.9. The van der Waals surface area contributed by atoms with E-state index in [1.54, 1.807) is 0 Å². The number of allylic oxidation sites excluding steroid dienone is 4. The Morgan fingerprint density at radius 3 is 1.60 bits per heavy atom. The fourth-order valence-corrected chi connectivity index (χ4v) is 6.60. The van der Waals surface area contributed by atoms with E-state index >= 15 is 0 Å². The first kappa shape index (κ1) is 51.0. The average molecular weight is 758 g/mol. The first-order valence-electron chi connectivity index (χ1n) is 21.6. The lowest BCUT2D eigenvalue weighted by Crippen LogP contribution is -2.37. The molecule has 0 saturated heterocycles. The Hall–Kier alpha value is -1.02. The van der Waals surface area contributed by atoms with Crippen LogP contribution < -0.4 is 4.89 Å². The minimum absolute atomic E-state index is 0.0270. The van der Waals surface area contributed by atoms with E-state index in [4.69, 9.17) is 18.5 Å². The summed E-state index contributed by atoms with van der Waals surface area (Å²) in [7, 11) is 1.36. The van der Waals surface area contributed by atoms with E-state index in [1.165, 1.54) is 128 Å². The standard InChI is InChI=1S/C43H84NO7P/c1-6-8-10-12-14-16-18-19-20-21-22-23-24-25-26-28-30-32-34-36-43(45)51-42(41-50-52(46,47)49-39-37-44(3,4)5)40-48-38-35-33-31-29-27-17-15-13-11-9-7-2/h14,16,19-20,42H,6-13,15,17-18,21-41H2,1-5H3/b16-14-,20-19-. The lowest BCUT2D eigenvalue weighted by molar-refractivity contribution is -0.870. The fraction of sp³-hybridized carbons (Fsp3) is 0.884. The number of hydrogen-bond acceptors (Lipinski definition) is 7. The molecule has 52 heavy (non-hydrogen) atoms. The maximum absolute atomic E-state index is 12.7. The summed E-state index contributed by atoms with van der Waals surface area (Å²) < 4.78 is 34.5. The van der Waals surface area contributed by atoms with Gasteiger partial charge in [0.25, 0.3) is 7.82 Å². The summed E-state index contributed by atoms with van der Waals surface area (Å²) in [6, 6.07) is 0. The van der Waals surface area contributed by atoms with E-state index in [0.717, 1.165) is 38.5 Å². The lowest BCUT2D eigenvalue weighted by atomic mass is 10.1. The van der Waals surface area contributed by atoms with Crippen LogP contribution in [0.2, 0.25) is 0 Å². The summed E-state index contributed by atoms with van der Waals surface area (Å²) in [4.78, 5) is 25.0. The third-order valence-corrected chi connectivity index (χ3v) is 10.2. The highest BCUT2D eigenvalue weighted by atomic mass is 31.2. The van der Waals surface area contributed by atoms with Crippen LogP contribution in [0, 0.1) is 0 Å². The molecule has 0 amide bonds. The number of phosphoric ester groups is 1. The van der Waals surface area contributed by atoms with Crippen LogP contribution in [0.15, 0.2) is 24.3 Å². The van der Waals surface area contributed by atoms with Crippen molar-refractivity contribution in [1.82, 2.24) is 0 Å². The normalized spacial score (nSPS) is 14.0. The number of hydrogen-bond donors (Lipinski definition) is 0. The van der Waals surface area contributed by atoms with Crippen LogP contribution in [-0.2, 0) is 27.9 Å². The zero-order valence-corrected chi connectivity index (χ0v) is 35.7. The molecule has 0 heterocycles. The van der Waals surface area contributed by atoms with E-state index in [9.17, 15) is 14.3 Å². The van der Waals surface area contributed by atoms with E-state index in [-0.39, 0.29) is 25.8 Å². The second-order valence-electron chi connectivity index (χ2n) is 15.7. The van der Waals surface area contributed by atoms with Crippen LogP contribution in [-0.4, -0.2) is 70.7 Å². The molecule has 308 valence electrons. The number of quaternary nitrogens is 1. The quantitative estimate of drug-likeness (QED) is 0.0202. The van der Waals surface area contributed by atoms with Gasteiger partial charge >= 0.3 is 5.97 Å². The van der Waals surface area contributed by atoms with Crippen LogP contribution in [0.1, 0.15) is 187 Å². The minimum Gasteiger partial charge on any atom is -0.756 e. The van der Waals surface area contributed by atoms with E-state index in [2.05, 4.69) is 38.2 Å². The average Bonchev–Trinajstić information content (AvgIpc) is 3.09. The summed E-state index contributed by atoms with van der Waals surface area (Å²) in [6.45, 7) is 5.40. The van der Waals surface area contributed by atoms with E-state index in [0.29, 0.717) is 24.1 Å². The Morgan fingerprint density at radius 1 is 0.596 bits per heavy atom. The Kier molecular flexibility index (Phi) is 36.2. The maximum Gasteiger partial charge on any atom is 0.306 e. The Morgan fingerprint density at radius 2 is 1.06 bits per heavy atom. The zero-order chi connectivity index (χ0) is 38.4. The van der Waals surface area contributed by atoms with Crippen LogP contribution in [0.3, 0.4) is 0 Å². The van der Waals surface area contributed by atoms with Gasteiger partial charge in [-0.2, -0.15) is 0 Å². The molecule has 0 aliphatic heterocycles. The van der Waals surface area contributed by atoms with Crippen molar-refractivity contribution in [3.63, 3.8) is 0 Å². The molecule has 0 N–H and O–H groups in total. The molecule has 8 nitrogen and oxygen atoms in total. The van der Waals surface area contributed by atoms with Crippen molar-refractivity contribution in [2.24, 2.45) is 0 Å². The predicted octanol–water partition coefficient (Wildman–Crippen LogP) is 11.8. The van der Waals surface area contributed by atoms with Crippen LogP contribution in [0.5, 0.6) is 0 Å². The number of likely N-dealkylation sites (N-methyl/N-ethyl adjacent to an activating group) is 1. The fourth-order valence-electron chi connectivity index (χ4n) is 5.87. The molecule has 0 saturated carbocycles. The van der Waals surface area contributed by atoms with E-state index < -0.39 is 13.9 Å². The minimum atomic E-state index is -4.52. The molecule has 2 atom stereocenters. The van der Waals surface area contributed by atoms with Gasteiger partial charge in [0.2, 0.25) is 0 Å². The number of rotatable bonds is 40. The molecule has 0 spiro atoms. The van der Waals surface area contributed by atoms with Crippen LogP contribution >= 0.6 is 7.82 Å². The molecular weight excluding hydrogens is 673 g/mol. The summed E-state index contributed by atoms with van der Waals surface area (Å²) in [6.07, 6.45) is 40.4. The number of esters is 1. The smallest absolute Gasteiger partial charge is 0.306 e. The predicted molar refractivity (Wildman–Crippen MR) is 217 cm³/mol. The Balaban J connectivity index is 4.19. The molecule has 0 aromatic carbocycles. The number of carbonyl (C=O) groups excluding carboxylic acids is 1. The van der Waals surface area contributed by atoms with Gasteiger partial charge in [-0.1, -0.05) is 160 Å². The summed E-state index contributed by atoms with van der Waals surface area (Å²) in [5, 5.41) is 0. The second-order valence-corrected chi connectivity index (χ2v) is 17.1. The largest absolute Gasteiger partial charge is 0.756 e. The Bertz CT molecular complexity index is 889. The molecular formula is C43H84NO7P. The van der Waals surface area contributed by atoms with E-state index in [1.807, 2.05) is 21.1 Å². The van der Waals surface area contributed by atoms with Crippen molar-refractivity contribution in [3.05, 3.63) is 24.3 Å². The number of nitrogens with zero attached hydrogens (tertiary/aromatic N) is 1. The third-order valence-electron chi connectivity index (χ3n) is 9.26. The topological polar surface area (TPSA) is 94.1 Å². The highest BCUT2D eigenvalue weighted by molar-refractivity contribution is 7.45. The summed E-state index contributed by atoms with van der Waals surface area (Å²) >= 11 is 0. The van der Waals surface area contributed by atoms with Gasteiger partial charge in [0.05, 0.1) is 34.4 Å². The molecule has 0 fully saturated rings. The van der Waals surface area contributed by atoms with Crippen molar-refractivity contribution in [2.45, 2.75) is 193 Å². The molecule has 0 radical (unpaired) electrons. The molecule has 0 aliphatic carbocycles. The molecule has 0 rings (SSSR count). The van der Waals surface area contributed by atoms with Crippen molar-refractivity contribution in [3.8, 4) is 0 Å². The first-order chi connectivity index (χ1) is 25.1. The number of carbonyl (C=O) groups is 1.